The van der Waals surface area contributed by atoms with Crippen molar-refractivity contribution < 1.29 is 9.53 Å². The number of hydrogen-bond donors (Lipinski definition) is 2. The van der Waals surface area contributed by atoms with Crippen molar-refractivity contribution >= 4 is 17.2 Å². The lowest BCUT2D eigenvalue weighted by molar-refractivity contribution is -0.136. The van der Waals surface area contributed by atoms with Crippen LogP contribution in [0.3, 0.4) is 0 Å². The van der Waals surface area contributed by atoms with Gasteiger partial charge in [-0.15, -0.1) is 11.3 Å². The van der Waals surface area contributed by atoms with Gasteiger partial charge in [0.1, 0.15) is 0 Å². The second-order valence-corrected chi connectivity index (χ2v) is 7.00. The molecule has 0 radical (unpaired) electrons. The number of thiazole rings is 1. The highest BCUT2D eigenvalue weighted by atomic mass is 32.1. The van der Waals surface area contributed by atoms with Gasteiger partial charge in [-0.2, -0.15) is 0 Å². The van der Waals surface area contributed by atoms with E-state index in [1.807, 2.05) is 13.8 Å². The van der Waals surface area contributed by atoms with Gasteiger partial charge in [-0.3, -0.25) is 4.79 Å². The highest BCUT2D eigenvalue weighted by molar-refractivity contribution is 7.11. The van der Waals surface area contributed by atoms with Gasteiger partial charge in [0.05, 0.1) is 22.7 Å². The molecule has 1 aromatic rings. The maximum absolute atomic E-state index is 12.6. The molecule has 0 unspecified atom stereocenters. The smallest absolute Gasteiger partial charge is 0.228 e. The predicted molar refractivity (Wildman–Crippen MR) is 84.7 cm³/mol. The molecule has 2 N–H and O–H groups in total. The molecule has 2 heterocycles. The van der Waals surface area contributed by atoms with Crippen molar-refractivity contribution in [1.29, 1.82) is 0 Å². The highest BCUT2D eigenvalue weighted by Gasteiger charge is 2.39. The largest absolute Gasteiger partial charge is 0.384 e. The second kappa shape index (κ2) is 7.33. The number of nitrogens with zero attached hydrogens (tertiary/aromatic N) is 1. The van der Waals surface area contributed by atoms with Gasteiger partial charge in [0, 0.05) is 25.0 Å². The van der Waals surface area contributed by atoms with Crippen LogP contribution >= 0.6 is 11.3 Å². The number of amides is 1. The Morgan fingerprint density at radius 2 is 2.14 bits per heavy atom. The number of ether oxygens (including phenoxy) is 1. The molecular formula is C15H25N3O2S. The molecule has 5 nitrogen and oxygen atoms in total. The monoisotopic (exact) mass is 311 g/mol. The van der Waals surface area contributed by atoms with E-state index in [0.29, 0.717) is 13.2 Å². The van der Waals surface area contributed by atoms with E-state index in [9.17, 15) is 4.79 Å². The number of rotatable bonds is 6. The molecule has 2 rings (SSSR count). The Balaban J connectivity index is 1.88. The van der Waals surface area contributed by atoms with Gasteiger partial charge < -0.3 is 15.4 Å². The van der Waals surface area contributed by atoms with E-state index >= 15 is 0 Å². The van der Waals surface area contributed by atoms with Gasteiger partial charge >= 0.3 is 0 Å². The van der Waals surface area contributed by atoms with Crippen molar-refractivity contribution in [2.24, 2.45) is 5.41 Å². The van der Waals surface area contributed by atoms with Crippen molar-refractivity contribution in [1.82, 2.24) is 15.6 Å². The summed E-state index contributed by atoms with van der Waals surface area (Å²) in [4.78, 5) is 18.2. The normalized spacial score (nSPS) is 17.7. The summed E-state index contributed by atoms with van der Waals surface area (Å²) in [6, 6.07) is 0. The minimum Gasteiger partial charge on any atom is -0.384 e. The molecule has 0 atom stereocenters. The molecule has 1 aliphatic heterocycles. The SMILES string of the molecule is COCC1(C(=O)NCCc2sc(C)nc2C)CCNCC1. The summed E-state index contributed by atoms with van der Waals surface area (Å²) in [5.74, 6) is 0.129. The third-order valence-electron chi connectivity index (χ3n) is 4.10. The minimum atomic E-state index is -0.362. The molecule has 1 aromatic heterocycles. The predicted octanol–water partition coefficient (Wildman–Crippen LogP) is 1.43. The molecule has 1 amide bonds. The van der Waals surface area contributed by atoms with E-state index < -0.39 is 0 Å². The fourth-order valence-corrected chi connectivity index (χ4v) is 3.84. The summed E-state index contributed by atoms with van der Waals surface area (Å²) < 4.78 is 5.30. The minimum absolute atomic E-state index is 0.129. The summed E-state index contributed by atoms with van der Waals surface area (Å²) in [6.45, 7) is 6.97. The molecule has 0 saturated carbocycles. The number of aromatic nitrogens is 1. The molecular weight excluding hydrogens is 286 g/mol. The zero-order valence-corrected chi connectivity index (χ0v) is 13.9. The van der Waals surface area contributed by atoms with Crippen molar-refractivity contribution in [3.05, 3.63) is 15.6 Å². The molecule has 118 valence electrons. The van der Waals surface area contributed by atoms with E-state index in [2.05, 4.69) is 15.6 Å². The van der Waals surface area contributed by atoms with Crippen LogP contribution < -0.4 is 10.6 Å². The lowest BCUT2D eigenvalue weighted by atomic mass is 9.78. The van der Waals surface area contributed by atoms with Crippen molar-refractivity contribution in [3.8, 4) is 0 Å². The number of methoxy groups -OCH3 is 1. The van der Waals surface area contributed by atoms with Gasteiger partial charge in [0.25, 0.3) is 0 Å². The number of carbonyl (C=O) groups excluding carboxylic acids is 1. The van der Waals surface area contributed by atoms with Crippen LogP contribution in [0.4, 0.5) is 0 Å². The molecule has 6 heteroatoms. The number of nitrogens with one attached hydrogen (secondary N) is 2. The van der Waals surface area contributed by atoms with Gasteiger partial charge in [-0.1, -0.05) is 0 Å². The third-order valence-corrected chi connectivity index (χ3v) is 5.23. The molecule has 0 aromatic carbocycles. The van der Waals surface area contributed by atoms with E-state index in [4.69, 9.17) is 4.74 Å². The van der Waals surface area contributed by atoms with Crippen molar-refractivity contribution in [2.75, 3.05) is 33.4 Å². The topological polar surface area (TPSA) is 63.2 Å². The standard InChI is InChI=1S/C15H25N3O2S/c1-11-13(21-12(2)18-11)4-7-17-14(19)15(10-20-3)5-8-16-9-6-15/h16H,4-10H2,1-3H3,(H,17,19). The van der Waals surface area contributed by atoms with E-state index in [1.165, 1.54) is 4.88 Å². The summed E-state index contributed by atoms with van der Waals surface area (Å²) >= 11 is 1.71. The number of piperidine rings is 1. The average molecular weight is 311 g/mol. The second-order valence-electron chi connectivity index (χ2n) is 5.71. The Morgan fingerprint density at radius 1 is 1.43 bits per heavy atom. The Bertz CT molecular complexity index is 476. The Hall–Kier alpha value is -0.980. The summed E-state index contributed by atoms with van der Waals surface area (Å²) in [7, 11) is 1.67. The molecule has 0 spiro atoms. The first-order chi connectivity index (χ1) is 10.1. The number of hydrogen-bond acceptors (Lipinski definition) is 5. The maximum Gasteiger partial charge on any atom is 0.228 e. The zero-order chi connectivity index (χ0) is 15.3. The molecule has 0 aliphatic carbocycles. The molecule has 21 heavy (non-hydrogen) atoms. The lowest BCUT2D eigenvalue weighted by Gasteiger charge is -2.35. The number of carbonyl (C=O) groups is 1. The quantitative estimate of drug-likeness (QED) is 0.834. The average Bonchev–Trinajstić information content (AvgIpc) is 2.78. The maximum atomic E-state index is 12.6. The van der Waals surface area contributed by atoms with Crippen LogP contribution in [0.1, 0.15) is 28.4 Å². The highest BCUT2D eigenvalue weighted by Crippen LogP contribution is 2.29. The lowest BCUT2D eigenvalue weighted by Crippen LogP contribution is -2.50. The summed E-state index contributed by atoms with van der Waals surface area (Å²) in [5, 5.41) is 7.48. The van der Waals surface area contributed by atoms with E-state index in [0.717, 1.165) is 43.1 Å². The molecule has 0 bridgehead atoms. The zero-order valence-electron chi connectivity index (χ0n) is 13.1. The van der Waals surface area contributed by atoms with Crippen LogP contribution in [0.25, 0.3) is 0 Å². The van der Waals surface area contributed by atoms with Crippen LogP contribution in [-0.4, -0.2) is 44.2 Å². The molecule has 1 aliphatic rings. The fourth-order valence-electron chi connectivity index (χ4n) is 2.90. The van der Waals surface area contributed by atoms with Gasteiger partial charge in [-0.05, 0) is 39.8 Å². The van der Waals surface area contributed by atoms with Crippen LogP contribution in [0, 0.1) is 19.3 Å². The first kappa shape index (κ1) is 16.4. The van der Waals surface area contributed by atoms with Gasteiger partial charge in [0.15, 0.2) is 0 Å². The third kappa shape index (κ3) is 4.02. The Labute approximate surface area is 130 Å². The molecule has 1 fully saturated rings. The fraction of sp³-hybridized carbons (Fsp3) is 0.733. The number of aryl methyl sites for hydroxylation is 2. The van der Waals surface area contributed by atoms with Gasteiger partial charge in [-0.25, -0.2) is 4.98 Å². The van der Waals surface area contributed by atoms with Crippen LogP contribution in [-0.2, 0) is 16.0 Å². The van der Waals surface area contributed by atoms with Crippen LogP contribution in [0.5, 0.6) is 0 Å². The van der Waals surface area contributed by atoms with E-state index in [1.54, 1.807) is 18.4 Å². The first-order valence-electron chi connectivity index (χ1n) is 7.48. The van der Waals surface area contributed by atoms with Crippen LogP contribution in [0.15, 0.2) is 0 Å². The first-order valence-corrected chi connectivity index (χ1v) is 8.30. The van der Waals surface area contributed by atoms with E-state index in [-0.39, 0.29) is 11.3 Å². The Kier molecular flexibility index (Phi) is 5.72. The molecule has 1 saturated heterocycles. The van der Waals surface area contributed by atoms with Crippen LogP contribution in [0.2, 0.25) is 0 Å². The van der Waals surface area contributed by atoms with Crippen molar-refractivity contribution in [3.63, 3.8) is 0 Å². The van der Waals surface area contributed by atoms with Crippen molar-refractivity contribution in [2.45, 2.75) is 33.1 Å². The summed E-state index contributed by atoms with van der Waals surface area (Å²) in [5.41, 5.74) is 0.721. The van der Waals surface area contributed by atoms with Gasteiger partial charge in [0.2, 0.25) is 5.91 Å². The Morgan fingerprint density at radius 3 is 2.71 bits per heavy atom. The summed E-state index contributed by atoms with van der Waals surface area (Å²) in [6.07, 6.45) is 2.53.